The van der Waals surface area contributed by atoms with E-state index >= 15 is 4.79 Å². The van der Waals surface area contributed by atoms with Crippen molar-refractivity contribution in [3.05, 3.63) is 87.2 Å². The summed E-state index contributed by atoms with van der Waals surface area (Å²) >= 11 is 7.06. The van der Waals surface area contributed by atoms with Gasteiger partial charge in [0.2, 0.25) is 6.79 Å². The normalized spacial score (nSPS) is 18.4. The van der Waals surface area contributed by atoms with Crippen LogP contribution in [0.5, 0.6) is 0 Å². The molecule has 3 saturated carbocycles. The van der Waals surface area contributed by atoms with Crippen molar-refractivity contribution in [2.75, 3.05) is 23.6 Å². The first-order valence-corrected chi connectivity index (χ1v) is 21.7. The third-order valence-electron chi connectivity index (χ3n) is 10.5. The van der Waals surface area contributed by atoms with Gasteiger partial charge in [-0.15, -0.1) is 5.10 Å². The third-order valence-corrected chi connectivity index (χ3v) is 12.7. The van der Waals surface area contributed by atoms with Crippen LogP contribution in [-0.4, -0.2) is 55.2 Å². The van der Waals surface area contributed by atoms with E-state index in [1.807, 2.05) is 23.0 Å². The summed E-state index contributed by atoms with van der Waals surface area (Å²) in [5.74, 6) is 0.655. The molecule has 0 radical (unpaired) electrons. The second-order valence-corrected chi connectivity index (χ2v) is 20.9. The molecular weight excluding hydrogens is 807 g/mol. The highest BCUT2D eigenvalue weighted by molar-refractivity contribution is 7.48. The second-order valence-electron chi connectivity index (χ2n) is 19.0. The van der Waals surface area contributed by atoms with Gasteiger partial charge in [-0.1, -0.05) is 49.7 Å². The van der Waals surface area contributed by atoms with Gasteiger partial charge in [-0.05, 0) is 107 Å². The molecule has 0 spiro atoms. The van der Waals surface area contributed by atoms with Gasteiger partial charge in [0.15, 0.2) is 0 Å². The number of hydrogen-bond acceptors (Lipinski definition) is 12. The third kappa shape index (κ3) is 8.81. The minimum atomic E-state index is -4.32. The smallest absolute Gasteiger partial charge is 0.421 e. The Labute approximate surface area is 354 Å². The number of nitrogens with zero attached hydrogens (tertiary/aromatic N) is 7. The number of amides is 1. The maximum atomic E-state index is 15.0. The van der Waals surface area contributed by atoms with Gasteiger partial charge in [-0.2, -0.15) is 5.26 Å². The van der Waals surface area contributed by atoms with E-state index in [0.29, 0.717) is 51.1 Å². The molecule has 5 aromatic rings. The Bertz CT molecular complexity index is 2600. The minimum Gasteiger partial charge on any atom is -0.421 e. The fourth-order valence-electron chi connectivity index (χ4n) is 7.74. The number of carbonyl (C=O) groups is 1. The van der Waals surface area contributed by atoms with E-state index in [1.165, 1.54) is 15.7 Å². The number of hydrogen-bond donors (Lipinski definition) is 1. The summed E-state index contributed by atoms with van der Waals surface area (Å²) in [7, 11) is -2.65. The molecule has 15 nitrogen and oxygen atoms in total. The molecule has 3 aliphatic carbocycles. The number of halogens is 1. The standard InChI is InChI=1S/C43H52ClN8O7P/c1-40(2,3)24-47-35-27(21-45)22-46-36-32(35)16-28(17-33(36)44)52(39(54)56-25-57-60(55,58-41(4,5)6)59-42(7,8)9)37(34-23-51(49-48-34)43-18-26(19-43)20-43)30-12-11-13-31-29(30)14-15-50(10)38(31)53/h11-17,22-23,26,37H,18-20,24-25H2,1-10H3,(H,46,47)/t26?,37-,43?/m0/s1. The van der Waals surface area contributed by atoms with Crippen LogP contribution in [0.15, 0.2) is 59.8 Å². The Morgan fingerprint density at radius 3 is 2.33 bits per heavy atom. The predicted molar refractivity (Wildman–Crippen MR) is 230 cm³/mol. The highest BCUT2D eigenvalue weighted by atomic mass is 35.5. The van der Waals surface area contributed by atoms with E-state index < -0.39 is 38.0 Å². The number of pyridine rings is 2. The lowest BCUT2D eigenvalue weighted by Crippen LogP contribution is -2.59. The largest absolute Gasteiger partial charge is 0.478 e. The zero-order valence-corrected chi connectivity index (χ0v) is 37.4. The van der Waals surface area contributed by atoms with Crippen molar-refractivity contribution < 1.29 is 27.7 Å². The Kier molecular flexibility index (Phi) is 11.2. The molecule has 0 unspecified atom stereocenters. The molecule has 1 amide bonds. The van der Waals surface area contributed by atoms with Gasteiger partial charge in [0.05, 0.1) is 50.4 Å². The van der Waals surface area contributed by atoms with E-state index in [4.69, 9.17) is 35.0 Å². The van der Waals surface area contributed by atoms with Gasteiger partial charge < -0.3 is 14.6 Å². The SMILES string of the molecule is Cn1ccc2c([C@@H](c3cn(C45CC(C4)C5)nn3)N(C(=O)OCOP(=O)(OC(C)(C)C)OC(C)(C)C)c3cc(Cl)c4ncc(C#N)c(NCC(C)(C)C)c4c3)cccc2c1=O. The molecule has 1 N–H and O–H groups in total. The van der Waals surface area contributed by atoms with Crippen molar-refractivity contribution in [1.82, 2.24) is 24.5 Å². The molecule has 3 aliphatic rings. The van der Waals surface area contributed by atoms with Crippen LogP contribution in [-0.2, 0) is 35.5 Å². The zero-order chi connectivity index (χ0) is 43.6. The molecule has 3 heterocycles. The van der Waals surface area contributed by atoms with Crippen LogP contribution in [0.3, 0.4) is 0 Å². The lowest BCUT2D eigenvalue weighted by atomic mass is 9.50. The number of phosphoric acid groups is 1. The van der Waals surface area contributed by atoms with Crippen LogP contribution in [0, 0.1) is 22.7 Å². The average molecular weight is 859 g/mol. The zero-order valence-electron chi connectivity index (χ0n) is 35.7. The van der Waals surface area contributed by atoms with Gasteiger partial charge in [-0.3, -0.25) is 23.7 Å². The number of ether oxygens (including phenoxy) is 1. The number of rotatable bonds is 12. The molecular formula is C43H52ClN8O7P. The molecule has 17 heteroatoms. The van der Waals surface area contributed by atoms with Crippen molar-refractivity contribution in [1.29, 1.82) is 5.26 Å². The van der Waals surface area contributed by atoms with E-state index in [1.54, 1.807) is 79.1 Å². The summed E-state index contributed by atoms with van der Waals surface area (Å²) in [4.78, 5) is 34.5. The van der Waals surface area contributed by atoms with Crippen LogP contribution < -0.4 is 15.8 Å². The Hall–Kier alpha value is -4.84. The molecule has 318 valence electrons. The summed E-state index contributed by atoms with van der Waals surface area (Å²) in [6, 6.07) is 11.6. The number of nitriles is 1. The first-order chi connectivity index (χ1) is 28.0. The van der Waals surface area contributed by atoms with Crippen molar-refractivity contribution in [2.24, 2.45) is 18.4 Å². The van der Waals surface area contributed by atoms with Crippen LogP contribution in [0.25, 0.3) is 21.7 Å². The summed E-state index contributed by atoms with van der Waals surface area (Å²) in [5.41, 5.74) is -0.134. The summed E-state index contributed by atoms with van der Waals surface area (Å²) < 4.78 is 40.5. The van der Waals surface area contributed by atoms with E-state index in [2.05, 4.69) is 42.4 Å². The lowest BCUT2D eigenvalue weighted by molar-refractivity contribution is -0.0989. The number of aryl methyl sites for hydroxylation is 1. The Morgan fingerprint density at radius 2 is 1.73 bits per heavy atom. The molecule has 8 rings (SSSR count). The highest BCUT2D eigenvalue weighted by Gasteiger charge is 2.59. The fraction of sp³-hybridized carbons (Fsp3) is 0.488. The molecule has 60 heavy (non-hydrogen) atoms. The predicted octanol–water partition coefficient (Wildman–Crippen LogP) is 9.62. The minimum absolute atomic E-state index is 0.144. The van der Waals surface area contributed by atoms with Gasteiger partial charge >= 0.3 is 13.9 Å². The number of fused-ring (bicyclic) bond motifs is 2. The van der Waals surface area contributed by atoms with Crippen molar-refractivity contribution >= 4 is 58.6 Å². The van der Waals surface area contributed by atoms with Gasteiger partial charge in [0, 0.05) is 36.8 Å². The number of carbonyl (C=O) groups excluding carboxylic acids is 1. The molecule has 2 aromatic carbocycles. The molecule has 2 bridgehead atoms. The summed E-state index contributed by atoms with van der Waals surface area (Å²) in [6.45, 7) is 16.1. The molecule has 0 saturated heterocycles. The van der Waals surface area contributed by atoms with E-state index in [0.717, 1.165) is 19.3 Å². The Balaban J connectivity index is 1.42. The second kappa shape index (κ2) is 15.6. The van der Waals surface area contributed by atoms with Crippen LogP contribution in [0.2, 0.25) is 5.02 Å². The molecule has 1 atom stereocenters. The number of aromatic nitrogens is 5. The summed E-state index contributed by atoms with van der Waals surface area (Å²) in [6.07, 6.45) is 6.97. The number of phosphoric ester groups is 1. The van der Waals surface area contributed by atoms with Crippen LogP contribution >= 0.6 is 19.4 Å². The van der Waals surface area contributed by atoms with Crippen LogP contribution in [0.4, 0.5) is 16.2 Å². The van der Waals surface area contributed by atoms with E-state index in [9.17, 15) is 14.6 Å². The van der Waals surface area contributed by atoms with Gasteiger partial charge in [0.1, 0.15) is 17.8 Å². The topological polar surface area (TPSA) is 176 Å². The van der Waals surface area contributed by atoms with Crippen molar-refractivity contribution in [2.45, 2.75) is 104 Å². The molecule has 3 aromatic heterocycles. The maximum Gasteiger partial charge on any atom is 0.478 e. The lowest BCUT2D eigenvalue weighted by Gasteiger charge is -2.61. The molecule has 0 aliphatic heterocycles. The quantitative estimate of drug-likeness (QED) is 0.0930. The molecule has 3 fully saturated rings. The summed E-state index contributed by atoms with van der Waals surface area (Å²) in [5, 5.41) is 24.6. The fourth-order valence-corrected chi connectivity index (χ4v) is 9.67. The monoisotopic (exact) mass is 858 g/mol. The number of nitrogens with one attached hydrogen (secondary N) is 1. The number of anilines is 2. The first-order valence-electron chi connectivity index (χ1n) is 19.9. The average Bonchev–Trinajstić information content (AvgIpc) is 3.56. The first kappa shape index (κ1) is 43.3. The van der Waals surface area contributed by atoms with Crippen molar-refractivity contribution in [3.63, 3.8) is 0 Å². The van der Waals surface area contributed by atoms with Crippen LogP contribution in [0.1, 0.15) is 104 Å². The van der Waals surface area contributed by atoms with E-state index in [-0.39, 0.29) is 32.8 Å². The van der Waals surface area contributed by atoms with Gasteiger partial charge in [-0.25, -0.2) is 18.6 Å². The van der Waals surface area contributed by atoms with Gasteiger partial charge in [0.25, 0.3) is 5.56 Å². The van der Waals surface area contributed by atoms with Crippen molar-refractivity contribution in [3.8, 4) is 6.07 Å². The highest BCUT2D eigenvalue weighted by Crippen LogP contribution is 2.62. The number of benzene rings is 2. The maximum absolute atomic E-state index is 15.0. The Morgan fingerprint density at radius 1 is 1.05 bits per heavy atom.